The molecule has 2 heterocycles. The number of nitrogens with one attached hydrogen (secondary N) is 1. The minimum Gasteiger partial charge on any atom is -0.417 e. The number of nitrogens with zero attached hydrogens (tertiary/aromatic N) is 1. The van der Waals surface area contributed by atoms with Crippen LogP contribution in [0.25, 0.3) is 0 Å². The Bertz CT molecular complexity index is 929. The fourth-order valence-electron chi connectivity index (χ4n) is 3.08. The summed E-state index contributed by atoms with van der Waals surface area (Å²) >= 11 is 0. The summed E-state index contributed by atoms with van der Waals surface area (Å²) < 4.78 is 31.8. The van der Waals surface area contributed by atoms with Crippen LogP contribution in [0, 0.1) is 11.6 Å². The van der Waals surface area contributed by atoms with Crippen molar-refractivity contribution < 1.29 is 27.9 Å². The molecule has 8 heteroatoms. The fraction of sp³-hybridized carbons (Fsp3) is 0.118. The lowest BCUT2D eigenvalue weighted by molar-refractivity contribution is -0.145. The van der Waals surface area contributed by atoms with Gasteiger partial charge in [-0.25, -0.2) is 13.6 Å². The molecule has 2 aromatic rings. The van der Waals surface area contributed by atoms with Gasteiger partial charge in [0.2, 0.25) is 0 Å². The lowest BCUT2D eigenvalue weighted by atomic mass is 9.95. The molecule has 1 unspecified atom stereocenters. The molecule has 0 aromatic heterocycles. The van der Waals surface area contributed by atoms with E-state index in [0.717, 1.165) is 12.1 Å². The molecule has 25 heavy (non-hydrogen) atoms. The molecule has 0 saturated carbocycles. The number of anilines is 1. The minimum absolute atomic E-state index is 0.00429. The molecule has 0 radical (unpaired) electrons. The van der Waals surface area contributed by atoms with Gasteiger partial charge in [0.25, 0.3) is 17.4 Å². The molecule has 2 aliphatic rings. The first kappa shape index (κ1) is 15.3. The highest BCUT2D eigenvalue weighted by molar-refractivity contribution is 6.25. The van der Waals surface area contributed by atoms with Crippen molar-refractivity contribution in [1.82, 2.24) is 5.32 Å². The Hall–Kier alpha value is -3.29. The highest BCUT2D eigenvalue weighted by Crippen LogP contribution is 2.45. The molecule has 4 rings (SSSR count). The summed E-state index contributed by atoms with van der Waals surface area (Å²) in [6, 6.07) is 8.90. The maximum absolute atomic E-state index is 13.7. The van der Waals surface area contributed by atoms with E-state index in [1.807, 2.05) is 5.32 Å². The fourth-order valence-corrected chi connectivity index (χ4v) is 3.08. The highest BCUT2D eigenvalue weighted by Gasteiger charge is 2.63. The van der Waals surface area contributed by atoms with Crippen LogP contribution in [0.15, 0.2) is 42.5 Å². The molecule has 0 aliphatic carbocycles. The van der Waals surface area contributed by atoms with E-state index in [0.29, 0.717) is 5.56 Å². The Morgan fingerprint density at radius 3 is 2.32 bits per heavy atom. The third-order valence-corrected chi connectivity index (χ3v) is 4.21. The predicted octanol–water partition coefficient (Wildman–Crippen LogP) is 1.97. The van der Waals surface area contributed by atoms with Crippen LogP contribution in [-0.4, -0.2) is 17.9 Å². The van der Waals surface area contributed by atoms with Crippen molar-refractivity contribution in [2.75, 3.05) is 4.90 Å². The molecule has 0 bridgehead atoms. The number of rotatable bonds is 2. The van der Waals surface area contributed by atoms with Crippen LogP contribution in [0.2, 0.25) is 0 Å². The first-order valence-corrected chi connectivity index (χ1v) is 7.32. The molecule has 1 fully saturated rings. The van der Waals surface area contributed by atoms with Gasteiger partial charge in [-0.3, -0.25) is 14.9 Å². The first-order chi connectivity index (χ1) is 11.9. The minimum atomic E-state index is -2.23. The number of hydrogen-bond donors (Lipinski definition) is 1. The SMILES string of the molecule is O=C1NC(=O)C2(O1)C(=O)N(Cc1ccc(F)cc1)c1ccc(F)cc12. The van der Waals surface area contributed by atoms with Gasteiger partial charge in [0, 0.05) is 5.56 Å². The number of alkyl carbamates (subject to hydrolysis) is 1. The Balaban J connectivity index is 1.82. The second-order valence-corrected chi connectivity index (χ2v) is 5.70. The molecule has 1 atom stereocenters. The maximum Gasteiger partial charge on any atom is 0.415 e. The Morgan fingerprint density at radius 1 is 1.00 bits per heavy atom. The molecule has 1 N–H and O–H groups in total. The molecule has 6 nitrogen and oxygen atoms in total. The Morgan fingerprint density at radius 2 is 1.68 bits per heavy atom. The summed E-state index contributed by atoms with van der Waals surface area (Å²) in [5, 5.41) is 1.91. The van der Waals surface area contributed by atoms with E-state index in [1.165, 1.54) is 35.2 Å². The number of hydrogen-bond acceptors (Lipinski definition) is 4. The first-order valence-electron chi connectivity index (χ1n) is 7.32. The van der Waals surface area contributed by atoms with Crippen LogP contribution in [0.4, 0.5) is 19.3 Å². The zero-order chi connectivity index (χ0) is 17.8. The number of carbonyl (C=O) groups is 3. The van der Waals surface area contributed by atoms with Crippen molar-refractivity contribution in [2.45, 2.75) is 12.1 Å². The third-order valence-electron chi connectivity index (χ3n) is 4.21. The molecule has 1 spiro atoms. The zero-order valence-corrected chi connectivity index (χ0v) is 12.6. The molecule has 2 aromatic carbocycles. The van der Waals surface area contributed by atoms with Crippen LogP contribution >= 0.6 is 0 Å². The topological polar surface area (TPSA) is 75.7 Å². The van der Waals surface area contributed by atoms with Gasteiger partial charge in [-0.2, -0.15) is 0 Å². The van der Waals surface area contributed by atoms with Crippen LogP contribution in [0.5, 0.6) is 0 Å². The van der Waals surface area contributed by atoms with Crippen molar-refractivity contribution in [3.63, 3.8) is 0 Å². The predicted molar refractivity (Wildman–Crippen MR) is 80.3 cm³/mol. The Labute approximate surface area is 140 Å². The summed E-state index contributed by atoms with van der Waals surface area (Å²) in [7, 11) is 0. The second kappa shape index (κ2) is 5.10. The van der Waals surface area contributed by atoms with E-state index in [9.17, 15) is 23.2 Å². The van der Waals surface area contributed by atoms with Gasteiger partial charge in [-0.15, -0.1) is 0 Å². The summed E-state index contributed by atoms with van der Waals surface area (Å²) in [5.74, 6) is -2.87. The van der Waals surface area contributed by atoms with E-state index in [4.69, 9.17) is 4.74 Å². The monoisotopic (exact) mass is 344 g/mol. The normalized spacial score (nSPS) is 21.5. The van der Waals surface area contributed by atoms with Crippen LogP contribution in [0.3, 0.4) is 0 Å². The largest absolute Gasteiger partial charge is 0.417 e. The van der Waals surface area contributed by atoms with Crippen molar-refractivity contribution >= 4 is 23.6 Å². The van der Waals surface area contributed by atoms with E-state index < -0.39 is 35.1 Å². The van der Waals surface area contributed by atoms with Crippen molar-refractivity contribution in [3.05, 3.63) is 65.2 Å². The van der Waals surface area contributed by atoms with Gasteiger partial charge in [0.15, 0.2) is 0 Å². The zero-order valence-electron chi connectivity index (χ0n) is 12.6. The molecule has 1 saturated heterocycles. The Kier molecular flexibility index (Phi) is 3.11. The molecular weight excluding hydrogens is 334 g/mol. The number of carbonyl (C=O) groups excluding carboxylic acids is 3. The second-order valence-electron chi connectivity index (χ2n) is 5.70. The molecule has 3 amide bonds. The number of benzene rings is 2. The van der Waals surface area contributed by atoms with Crippen LogP contribution in [0.1, 0.15) is 11.1 Å². The molecular formula is C17H10F2N2O4. The van der Waals surface area contributed by atoms with E-state index in [-0.39, 0.29) is 17.8 Å². The number of ether oxygens (including phenoxy) is 1. The van der Waals surface area contributed by atoms with E-state index >= 15 is 0 Å². The van der Waals surface area contributed by atoms with Gasteiger partial charge >= 0.3 is 6.09 Å². The number of fused-ring (bicyclic) bond motifs is 2. The summed E-state index contributed by atoms with van der Waals surface area (Å²) in [6.45, 7) is 0.00429. The standard InChI is InChI=1S/C17H10F2N2O4/c18-10-3-1-9(2-4-10)8-21-13-6-5-11(19)7-12(13)17(15(21)23)14(22)20-16(24)25-17/h1-7H,8H2,(H,20,22,24). The van der Waals surface area contributed by atoms with Crippen LogP contribution < -0.4 is 10.2 Å². The van der Waals surface area contributed by atoms with Gasteiger partial charge in [-0.05, 0) is 35.9 Å². The molecule has 126 valence electrons. The van der Waals surface area contributed by atoms with Gasteiger partial charge in [0.05, 0.1) is 12.2 Å². The van der Waals surface area contributed by atoms with E-state index in [2.05, 4.69) is 0 Å². The quantitative estimate of drug-likeness (QED) is 0.845. The number of imide groups is 1. The van der Waals surface area contributed by atoms with Crippen LogP contribution in [-0.2, 0) is 26.5 Å². The lowest BCUT2D eigenvalue weighted by Gasteiger charge is -2.20. The van der Waals surface area contributed by atoms with Gasteiger partial charge in [-0.1, -0.05) is 12.1 Å². The summed E-state index contributed by atoms with van der Waals surface area (Å²) in [4.78, 5) is 37.9. The molecule has 2 aliphatic heterocycles. The number of halogens is 2. The van der Waals surface area contributed by atoms with Gasteiger partial charge < -0.3 is 9.64 Å². The van der Waals surface area contributed by atoms with Crippen molar-refractivity contribution in [2.24, 2.45) is 0 Å². The third kappa shape index (κ3) is 2.10. The summed E-state index contributed by atoms with van der Waals surface area (Å²) in [6.07, 6.45) is -1.07. The average Bonchev–Trinajstić information content (AvgIpc) is 2.99. The van der Waals surface area contributed by atoms with E-state index in [1.54, 1.807) is 0 Å². The summed E-state index contributed by atoms with van der Waals surface area (Å²) in [5.41, 5.74) is -1.43. The van der Waals surface area contributed by atoms with Crippen molar-refractivity contribution in [1.29, 1.82) is 0 Å². The smallest absolute Gasteiger partial charge is 0.415 e. The van der Waals surface area contributed by atoms with Crippen molar-refractivity contribution in [3.8, 4) is 0 Å². The maximum atomic E-state index is 13.7. The average molecular weight is 344 g/mol. The lowest BCUT2D eigenvalue weighted by Crippen LogP contribution is -2.46. The highest BCUT2D eigenvalue weighted by atomic mass is 19.1. The number of amides is 3. The van der Waals surface area contributed by atoms with Gasteiger partial charge in [0.1, 0.15) is 11.6 Å².